The first-order valence-electron chi connectivity index (χ1n) is 6.35. The number of carbonyl (C=O) groups excluding carboxylic acids is 1. The second-order valence-corrected chi connectivity index (χ2v) is 4.66. The van der Waals surface area contributed by atoms with E-state index in [4.69, 9.17) is 5.11 Å². The Labute approximate surface area is 120 Å². The average Bonchev–Trinajstić information content (AvgIpc) is 2.43. The maximum absolute atomic E-state index is 12.0. The highest BCUT2D eigenvalue weighted by atomic mass is 19.3. The van der Waals surface area contributed by atoms with Crippen LogP contribution < -0.4 is 10.1 Å². The van der Waals surface area contributed by atoms with Crippen molar-refractivity contribution >= 4 is 11.9 Å². The van der Waals surface area contributed by atoms with Crippen molar-refractivity contribution in [1.29, 1.82) is 0 Å². The molecule has 0 saturated heterocycles. The monoisotopic (exact) mass is 301 g/mol. The highest BCUT2D eigenvalue weighted by Gasteiger charge is 2.25. The summed E-state index contributed by atoms with van der Waals surface area (Å²) >= 11 is 0. The zero-order valence-corrected chi connectivity index (χ0v) is 11.7. The van der Waals surface area contributed by atoms with Crippen molar-refractivity contribution in [2.45, 2.75) is 27.0 Å². The Morgan fingerprint density at radius 2 is 1.76 bits per heavy atom. The first-order valence-corrected chi connectivity index (χ1v) is 6.35. The van der Waals surface area contributed by atoms with Gasteiger partial charge in [-0.3, -0.25) is 9.59 Å². The van der Waals surface area contributed by atoms with Crippen molar-refractivity contribution in [2.24, 2.45) is 11.8 Å². The van der Waals surface area contributed by atoms with E-state index in [1.54, 1.807) is 12.1 Å². The molecule has 1 aromatic carbocycles. The highest BCUT2D eigenvalue weighted by molar-refractivity contribution is 5.84. The summed E-state index contributed by atoms with van der Waals surface area (Å²) in [6.07, 6.45) is 0. The molecule has 1 rings (SSSR count). The minimum absolute atomic E-state index is 0.0351. The molecular formula is C14H17F2NO4. The molecule has 0 aliphatic rings. The van der Waals surface area contributed by atoms with Crippen molar-refractivity contribution in [2.75, 3.05) is 0 Å². The summed E-state index contributed by atoms with van der Waals surface area (Å²) in [7, 11) is 0. The predicted molar refractivity (Wildman–Crippen MR) is 70.9 cm³/mol. The van der Waals surface area contributed by atoms with Gasteiger partial charge in [-0.25, -0.2) is 0 Å². The second kappa shape index (κ2) is 7.56. The van der Waals surface area contributed by atoms with Crippen LogP contribution in [0, 0.1) is 11.8 Å². The average molecular weight is 301 g/mol. The Kier molecular flexibility index (Phi) is 6.08. The van der Waals surface area contributed by atoms with Crippen LogP contribution in [-0.4, -0.2) is 23.6 Å². The summed E-state index contributed by atoms with van der Waals surface area (Å²) in [5.41, 5.74) is 0.695. The molecule has 0 radical (unpaired) electrons. The number of alkyl halides is 2. The first kappa shape index (κ1) is 16.9. The quantitative estimate of drug-likeness (QED) is 0.810. The third-order valence-electron chi connectivity index (χ3n) is 3.17. The third kappa shape index (κ3) is 5.37. The number of hydrogen-bond acceptors (Lipinski definition) is 3. The van der Waals surface area contributed by atoms with Crippen LogP contribution in [0.1, 0.15) is 19.4 Å². The van der Waals surface area contributed by atoms with Gasteiger partial charge in [0.05, 0.1) is 5.92 Å². The number of ether oxygens (including phenoxy) is 1. The van der Waals surface area contributed by atoms with Gasteiger partial charge in [-0.05, 0) is 17.7 Å². The van der Waals surface area contributed by atoms with Crippen molar-refractivity contribution in [3.05, 3.63) is 29.8 Å². The molecule has 0 heterocycles. The maximum atomic E-state index is 12.0. The summed E-state index contributed by atoms with van der Waals surface area (Å²) in [6.45, 7) is 0.301. The van der Waals surface area contributed by atoms with Gasteiger partial charge >= 0.3 is 12.6 Å². The van der Waals surface area contributed by atoms with E-state index in [9.17, 15) is 18.4 Å². The highest BCUT2D eigenvalue weighted by Crippen LogP contribution is 2.15. The smallest absolute Gasteiger partial charge is 0.387 e. The van der Waals surface area contributed by atoms with E-state index in [0.717, 1.165) is 0 Å². The topological polar surface area (TPSA) is 75.6 Å². The van der Waals surface area contributed by atoms with Crippen LogP contribution in [0.25, 0.3) is 0 Å². The zero-order chi connectivity index (χ0) is 16.0. The van der Waals surface area contributed by atoms with Gasteiger partial charge in [0, 0.05) is 12.5 Å². The molecule has 0 bridgehead atoms. The third-order valence-corrected chi connectivity index (χ3v) is 3.17. The second-order valence-electron chi connectivity index (χ2n) is 4.66. The maximum Gasteiger partial charge on any atom is 0.387 e. The molecule has 1 amide bonds. The van der Waals surface area contributed by atoms with E-state index in [0.29, 0.717) is 5.56 Å². The molecule has 1 aromatic rings. The molecule has 21 heavy (non-hydrogen) atoms. The number of carboxylic acids is 1. The molecule has 0 aromatic heterocycles. The van der Waals surface area contributed by atoms with Crippen molar-refractivity contribution in [3.63, 3.8) is 0 Å². The Hall–Kier alpha value is -2.18. The minimum atomic E-state index is -2.88. The minimum Gasteiger partial charge on any atom is -0.481 e. The zero-order valence-electron chi connectivity index (χ0n) is 11.7. The summed E-state index contributed by atoms with van der Waals surface area (Å²) in [4.78, 5) is 22.6. The van der Waals surface area contributed by atoms with Crippen molar-refractivity contribution in [1.82, 2.24) is 5.32 Å². The molecule has 0 fully saturated rings. The van der Waals surface area contributed by atoms with E-state index < -0.39 is 24.4 Å². The van der Waals surface area contributed by atoms with Gasteiger partial charge in [-0.2, -0.15) is 8.78 Å². The molecule has 2 unspecified atom stereocenters. The van der Waals surface area contributed by atoms with Crippen molar-refractivity contribution in [3.8, 4) is 5.75 Å². The number of carboxylic acid groups (broad SMARTS) is 1. The summed E-state index contributed by atoms with van der Waals surface area (Å²) in [5.74, 6) is -2.83. The van der Waals surface area contributed by atoms with Crippen LogP contribution in [0.2, 0.25) is 0 Å². The van der Waals surface area contributed by atoms with Gasteiger partial charge in [0.1, 0.15) is 5.75 Å². The predicted octanol–water partition coefficient (Wildman–Crippen LogP) is 2.26. The van der Waals surface area contributed by atoms with Crippen LogP contribution in [0.4, 0.5) is 8.78 Å². The lowest BCUT2D eigenvalue weighted by Crippen LogP contribution is -2.34. The lowest BCUT2D eigenvalue weighted by Gasteiger charge is -2.15. The molecule has 0 aliphatic heterocycles. The van der Waals surface area contributed by atoms with Gasteiger partial charge in [0.25, 0.3) is 0 Å². The Bertz CT molecular complexity index is 490. The fourth-order valence-electron chi connectivity index (χ4n) is 1.58. The molecule has 0 spiro atoms. The van der Waals surface area contributed by atoms with Crippen LogP contribution in [0.3, 0.4) is 0 Å². The largest absolute Gasteiger partial charge is 0.481 e. The number of nitrogens with one attached hydrogen (secondary N) is 1. The standard InChI is InChI=1S/C14H17F2NO4/c1-8(9(2)13(19)20)12(18)17-7-10-3-5-11(6-4-10)21-14(15)16/h3-6,8-9,14H,7H2,1-2H3,(H,17,18)(H,19,20). The van der Waals surface area contributed by atoms with Gasteiger partial charge in [-0.15, -0.1) is 0 Å². The first-order chi connectivity index (χ1) is 9.81. The summed E-state index contributed by atoms with van der Waals surface area (Å²) in [5, 5.41) is 11.4. The number of benzene rings is 1. The van der Waals surface area contributed by atoms with Gasteiger partial charge in [-0.1, -0.05) is 26.0 Å². The van der Waals surface area contributed by atoms with Gasteiger partial charge < -0.3 is 15.2 Å². The van der Waals surface area contributed by atoms with E-state index in [2.05, 4.69) is 10.1 Å². The van der Waals surface area contributed by atoms with E-state index >= 15 is 0 Å². The molecule has 2 atom stereocenters. The van der Waals surface area contributed by atoms with Crippen LogP contribution in [0.15, 0.2) is 24.3 Å². The normalized spacial score (nSPS) is 13.6. The van der Waals surface area contributed by atoms with E-state index in [-0.39, 0.29) is 18.2 Å². The number of halogens is 2. The molecule has 5 nitrogen and oxygen atoms in total. The number of hydrogen-bond donors (Lipinski definition) is 2. The van der Waals surface area contributed by atoms with Crippen LogP contribution in [0.5, 0.6) is 5.75 Å². The van der Waals surface area contributed by atoms with Gasteiger partial charge in [0.15, 0.2) is 0 Å². The van der Waals surface area contributed by atoms with Crippen molar-refractivity contribution < 1.29 is 28.2 Å². The fourth-order valence-corrected chi connectivity index (χ4v) is 1.58. The molecule has 116 valence electrons. The Morgan fingerprint density at radius 3 is 2.24 bits per heavy atom. The summed E-state index contributed by atoms with van der Waals surface area (Å²) < 4.78 is 28.2. The molecular weight excluding hydrogens is 284 g/mol. The number of rotatable bonds is 7. The molecule has 2 N–H and O–H groups in total. The Balaban J connectivity index is 2.51. The van der Waals surface area contributed by atoms with E-state index in [1.165, 1.54) is 26.0 Å². The van der Waals surface area contributed by atoms with Crippen LogP contribution >= 0.6 is 0 Å². The fraction of sp³-hybridized carbons (Fsp3) is 0.429. The molecule has 0 aliphatic carbocycles. The van der Waals surface area contributed by atoms with E-state index in [1.807, 2.05) is 0 Å². The molecule has 0 saturated carbocycles. The SMILES string of the molecule is CC(C(=O)O)C(C)C(=O)NCc1ccc(OC(F)F)cc1. The lowest BCUT2D eigenvalue weighted by atomic mass is 9.95. The summed E-state index contributed by atoms with van der Waals surface area (Å²) in [6, 6.07) is 5.83. The number of amides is 1. The Morgan fingerprint density at radius 1 is 1.19 bits per heavy atom. The van der Waals surface area contributed by atoms with Crippen LogP contribution in [-0.2, 0) is 16.1 Å². The number of aliphatic carboxylic acids is 1. The number of carbonyl (C=O) groups is 2. The van der Waals surface area contributed by atoms with Gasteiger partial charge in [0.2, 0.25) is 5.91 Å². The molecule has 7 heteroatoms. The lowest BCUT2D eigenvalue weighted by molar-refractivity contribution is -0.146.